The molecule has 7 heteroatoms. The van der Waals surface area contributed by atoms with Crippen LogP contribution in [0, 0.1) is 0 Å². The fourth-order valence-electron chi connectivity index (χ4n) is 2.50. The molecular weight excluding hydrogens is 354 g/mol. The number of phenolic OH excluding ortho intramolecular Hbond substituents is 1. The molecule has 1 fully saturated rings. The summed E-state index contributed by atoms with van der Waals surface area (Å²) < 4.78 is 24.0. The SMILES string of the molecule is CC(C)(C)c1cc(CN2CCSCC2)c(O)c(S(C)(=O)=O)c1.Cl. The summed E-state index contributed by atoms with van der Waals surface area (Å²) in [5, 5.41) is 10.4. The van der Waals surface area contributed by atoms with Crippen LogP contribution in [0.5, 0.6) is 5.75 Å². The van der Waals surface area contributed by atoms with Crippen molar-refractivity contribution in [1.29, 1.82) is 0 Å². The Balaban J connectivity index is 0.00000264. The van der Waals surface area contributed by atoms with Crippen LogP contribution >= 0.6 is 24.2 Å². The molecule has 0 saturated carbocycles. The average molecular weight is 380 g/mol. The zero-order valence-electron chi connectivity index (χ0n) is 14.1. The first-order valence-electron chi connectivity index (χ1n) is 7.45. The zero-order chi connectivity index (χ0) is 16.5. The molecule has 1 heterocycles. The maximum atomic E-state index is 12.0. The Morgan fingerprint density at radius 2 is 1.78 bits per heavy atom. The first kappa shape index (κ1) is 20.6. The molecule has 1 saturated heterocycles. The van der Waals surface area contributed by atoms with Gasteiger partial charge in [0.25, 0.3) is 0 Å². The third kappa shape index (κ3) is 5.28. The predicted octanol–water partition coefficient (Wildman–Crippen LogP) is 3.06. The molecule has 0 aliphatic carbocycles. The fraction of sp³-hybridized carbons (Fsp3) is 0.625. The smallest absolute Gasteiger partial charge is 0.179 e. The van der Waals surface area contributed by atoms with Gasteiger partial charge in [-0.15, -0.1) is 12.4 Å². The van der Waals surface area contributed by atoms with Gasteiger partial charge in [0.1, 0.15) is 10.6 Å². The third-order valence-electron chi connectivity index (χ3n) is 3.92. The second-order valence-electron chi connectivity index (χ2n) is 6.89. The second kappa shape index (κ2) is 7.64. The summed E-state index contributed by atoms with van der Waals surface area (Å²) >= 11 is 1.93. The summed E-state index contributed by atoms with van der Waals surface area (Å²) in [5.41, 5.74) is 1.48. The van der Waals surface area contributed by atoms with Crippen LogP contribution < -0.4 is 0 Å². The number of halogens is 1. The Hall–Kier alpha value is -0.430. The van der Waals surface area contributed by atoms with Crippen LogP contribution in [0.4, 0.5) is 0 Å². The van der Waals surface area contributed by atoms with E-state index in [4.69, 9.17) is 0 Å². The minimum Gasteiger partial charge on any atom is -0.506 e. The topological polar surface area (TPSA) is 57.6 Å². The molecular formula is C16H26ClNO3S2. The Bertz CT molecular complexity index is 648. The van der Waals surface area contributed by atoms with Gasteiger partial charge in [0.15, 0.2) is 9.84 Å². The van der Waals surface area contributed by atoms with Crippen molar-refractivity contribution in [3.05, 3.63) is 23.3 Å². The van der Waals surface area contributed by atoms with E-state index in [9.17, 15) is 13.5 Å². The molecule has 0 atom stereocenters. The maximum absolute atomic E-state index is 12.0. The highest BCUT2D eigenvalue weighted by molar-refractivity contribution is 7.99. The molecule has 0 bridgehead atoms. The summed E-state index contributed by atoms with van der Waals surface area (Å²) in [6.07, 6.45) is 1.15. The summed E-state index contributed by atoms with van der Waals surface area (Å²) in [4.78, 5) is 2.31. The molecule has 4 nitrogen and oxygen atoms in total. The Morgan fingerprint density at radius 3 is 2.26 bits per heavy atom. The van der Waals surface area contributed by atoms with E-state index < -0.39 is 9.84 Å². The zero-order valence-corrected chi connectivity index (χ0v) is 16.6. The summed E-state index contributed by atoms with van der Waals surface area (Å²) in [7, 11) is -3.45. The number of thioether (sulfide) groups is 1. The van der Waals surface area contributed by atoms with Crippen molar-refractivity contribution in [1.82, 2.24) is 4.90 Å². The lowest BCUT2D eigenvalue weighted by Gasteiger charge is -2.28. The molecule has 1 aliphatic heterocycles. The lowest BCUT2D eigenvalue weighted by Crippen LogP contribution is -2.32. The Labute approximate surface area is 150 Å². The highest BCUT2D eigenvalue weighted by atomic mass is 35.5. The molecule has 1 N–H and O–H groups in total. The van der Waals surface area contributed by atoms with Gasteiger partial charge in [-0.25, -0.2) is 8.42 Å². The van der Waals surface area contributed by atoms with E-state index in [1.807, 2.05) is 38.6 Å². The van der Waals surface area contributed by atoms with Crippen LogP contribution in [0.1, 0.15) is 31.9 Å². The molecule has 0 spiro atoms. The van der Waals surface area contributed by atoms with E-state index in [1.165, 1.54) is 0 Å². The van der Waals surface area contributed by atoms with Crippen molar-refractivity contribution in [2.45, 2.75) is 37.6 Å². The van der Waals surface area contributed by atoms with Gasteiger partial charge in [0.05, 0.1) is 0 Å². The molecule has 1 aliphatic rings. The number of hydrogen-bond donors (Lipinski definition) is 1. The predicted molar refractivity (Wildman–Crippen MR) is 99.8 cm³/mol. The number of hydrogen-bond acceptors (Lipinski definition) is 5. The number of rotatable bonds is 3. The maximum Gasteiger partial charge on any atom is 0.179 e. The van der Waals surface area contributed by atoms with Gasteiger partial charge in [0.2, 0.25) is 0 Å². The van der Waals surface area contributed by atoms with E-state index in [-0.39, 0.29) is 28.5 Å². The third-order valence-corrected chi connectivity index (χ3v) is 5.97. The molecule has 1 aromatic carbocycles. The normalized spacial score (nSPS) is 16.9. The van der Waals surface area contributed by atoms with Gasteiger partial charge in [0, 0.05) is 43.0 Å². The van der Waals surface area contributed by atoms with E-state index in [2.05, 4.69) is 4.90 Å². The van der Waals surface area contributed by atoms with Crippen molar-refractivity contribution in [3.8, 4) is 5.75 Å². The number of nitrogens with zero attached hydrogens (tertiary/aromatic N) is 1. The summed E-state index contributed by atoms with van der Waals surface area (Å²) in [5.74, 6) is 2.07. The van der Waals surface area contributed by atoms with Gasteiger partial charge in [-0.2, -0.15) is 11.8 Å². The molecule has 0 unspecified atom stereocenters. The van der Waals surface area contributed by atoms with Gasteiger partial charge in [-0.3, -0.25) is 4.90 Å². The lowest BCUT2D eigenvalue weighted by molar-refractivity contribution is 0.288. The van der Waals surface area contributed by atoms with Crippen LogP contribution in [0.2, 0.25) is 0 Å². The lowest BCUT2D eigenvalue weighted by atomic mass is 9.86. The Morgan fingerprint density at radius 1 is 1.22 bits per heavy atom. The van der Waals surface area contributed by atoms with Crippen molar-refractivity contribution in [3.63, 3.8) is 0 Å². The first-order chi connectivity index (χ1) is 10.1. The van der Waals surface area contributed by atoms with E-state index >= 15 is 0 Å². The van der Waals surface area contributed by atoms with Crippen LogP contribution in [-0.2, 0) is 21.8 Å². The van der Waals surface area contributed by atoms with Crippen molar-refractivity contribution < 1.29 is 13.5 Å². The molecule has 0 aromatic heterocycles. The highest BCUT2D eigenvalue weighted by Crippen LogP contribution is 2.34. The molecule has 2 rings (SSSR count). The van der Waals surface area contributed by atoms with E-state index in [1.54, 1.807) is 6.07 Å². The highest BCUT2D eigenvalue weighted by Gasteiger charge is 2.24. The van der Waals surface area contributed by atoms with Crippen molar-refractivity contribution in [2.24, 2.45) is 0 Å². The molecule has 1 aromatic rings. The number of benzene rings is 1. The van der Waals surface area contributed by atoms with Crippen LogP contribution in [0.15, 0.2) is 17.0 Å². The second-order valence-corrected chi connectivity index (χ2v) is 10.1. The molecule has 0 amide bonds. The van der Waals surface area contributed by atoms with E-state index in [0.717, 1.165) is 36.4 Å². The van der Waals surface area contributed by atoms with Crippen LogP contribution in [0.3, 0.4) is 0 Å². The van der Waals surface area contributed by atoms with E-state index in [0.29, 0.717) is 12.1 Å². The van der Waals surface area contributed by atoms with Crippen LogP contribution in [0.25, 0.3) is 0 Å². The largest absolute Gasteiger partial charge is 0.506 e. The number of phenols is 1. The van der Waals surface area contributed by atoms with Crippen molar-refractivity contribution >= 4 is 34.0 Å². The van der Waals surface area contributed by atoms with Crippen molar-refractivity contribution in [2.75, 3.05) is 30.9 Å². The van der Waals surface area contributed by atoms with Gasteiger partial charge >= 0.3 is 0 Å². The minimum absolute atomic E-state index is 0. The monoisotopic (exact) mass is 379 g/mol. The minimum atomic E-state index is -3.45. The molecule has 23 heavy (non-hydrogen) atoms. The van der Waals surface area contributed by atoms with Gasteiger partial charge < -0.3 is 5.11 Å². The Kier molecular flexibility index (Phi) is 6.84. The number of sulfone groups is 1. The van der Waals surface area contributed by atoms with Crippen LogP contribution in [-0.4, -0.2) is 49.3 Å². The number of aromatic hydroxyl groups is 1. The molecule has 0 radical (unpaired) electrons. The standard InChI is InChI=1S/C16H25NO3S2.ClH/c1-16(2,3)13-9-12(11-17-5-7-21-8-6-17)15(18)14(10-13)22(4,19)20;/h9-10,18H,5-8,11H2,1-4H3;1H. The fourth-order valence-corrected chi connectivity index (χ4v) is 4.30. The summed E-state index contributed by atoms with van der Waals surface area (Å²) in [6, 6.07) is 3.56. The van der Waals surface area contributed by atoms with Gasteiger partial charge in [-0.1, -0.05) is 26.8 Å². The average Bonchev–Trinajstić information content (AvgIpc) is 2.39. The molecule has 132 valence electrons. The summed E-state index contributed by atoms with van der Waals surface area (Å²) in [6.45, 7) is 8.68. The van der Waals surface area contributed by atoms with Gasteiger partial charge in [-0.05, 0) is 17.0 Å². The first-order valence-corrected chi connectivity index (χ1v) is 10.5. The quantitative estimate of drug-likeness (QED) is 0.874.